The van der Waals surface area contributed by atoms with Crippen LogP contribution in [0.1, 0.15) is 48.5 Å². The minimum absolute atomic E-state index is 0.0191. The molecule has 1 aliphatic carbocycles. The molecule has 3 heterocycles. The lowest BCUT2D eigenvalue weighted by Gasteiger charge is -2.44. The highest BCUT2D eigenvalue weighted by atomic mass is 16.3. The third-order valence-corrected chi connectivity index (χ3v) is 6.17. The van der Waals surface area contributed by atoms with Crippen molar-refractivity contribution >= 4 is 28.6 Å². The van der Waals surface area contributed by atoms with Gasteiger partial charge in [0, 0.05) is 18.4 Å². The Morgan fingerprint density at radius 1 is 1.34 bits per heavy atom. The Morgan fingerprint density at radius 3 is 2.90 bits per heavy atom. The van der Waals surface area contributed by atoms with Gasteiger partial charge >= 0.3 is 0 Å². The standard InChI is InChI=1S/C21H25N5O3/c1-11-8-12(9-16(22)21(11,2)28)13-5-7-24-10-14(13)26-20(27)17-18-15(29-19(17)23)4-3-6-25-18/h3-7,10-12,16,28H,8-9,22-23H2,1-2H3,(H,26,27). The number of amides is 1. The average molecular weight is 395 g/mol. The lowest BCUT2D eigenvalue weighted by atomic mass is 9.68. The van der Waals surface area contributed by atoms with Gasteiger partial charge in [0.05, 0.1) is 17.5 Å². The number of hydrogen-bond acceptors (Lipinski definition) is 7. The minimum atomic E-state index is -0.914. The first-order valence-electron chi connectivity index (χ1n) is 9.65. The second-order valence-corrected chi connectivity index (χ2v) is 8.01. The van der Waals surface area contributed by atoms with E-state index in [2.05, 4.69) is 15.3 Å². The summed E-state index contributed by atoms with van der Waals surface area (Å²) in [6.07, 6.45) is 6.26. The van der Waals surface area contributed by atoms with E-state index in [1.54, 1.807) is 37.6 Å². The van der Waals surface area contributed by atoms with Crippen LogP contribution in [-0.2, 0) is 0 Å². The monoisotopic (exact) mass is 395 g/mol. The zero-order valence-electron chi connectivity index (χ0n) is 16.4. The molecule has 6 N–H and O–H groups in total. The summed E-state index contributed by atoms with van der Waals surface area (Å²) in [6.45, 7) is 3.78. The molecule has 3 aromatic heterocycles. The van der Waals surface area contributed by atoms with Gasteiger partial charge in [-0.1, -0.05) is 6.92 Å². The maximum atomic E-state index is 13.0. The van der Waals surface area contributed by atoms with E-state index >= 15 is 0 Å². The fourth-order valence-electron chi connectivity index (χ4n) is 4.14. The van der Waals surface area contributed by atoms with E-state index in [0.717, 1.165) is 12.0 Å². The van der Waals surface area contributed by atoms with Crippen LogP contribution in [0.15, 0.2) is 41.2 Å². The Balaban J connectivity index is 1.64. The number of fused-ring (bicyclic) bond motifs is 1. The SMILES string of the molecule is CC1CC(c2ccncc2NC(=O)c2c(N)oc3cccnc23)CC(N)C1(C)O. The van der Waals surface area contributed by atoms with Crippen molar-refractivity contribution < 1.29 is 14.3 Å². The number of hydrogen-bond donors (Lipinski definition) is 4. The van der Waals surface area contributed by atoms with Gasteiger partial charge in [0.15, 0.2) is 5.58 Å². The van der Waals surface area contributed by atoms with E-state index in [1.165, 1.54) is 0 Å². The average Bonchev–Trinajstić information content (AvgIpc) is 3.02. The number of nitrogens with zero attached hydrogens (tertiary/aromatic N) is 2. The van der Waals surface area contributed by atoms with Gasteiger partial charge in [-0.2, -0.15) is 0 Å². The summed E-state index contributed by atoms with van der Waals surface area (Å²) in [7, 11) is 0. The Labute approximate surface area is 168 Å². The lowest BCUT2D eigenvalue weighted by Crippen LogP contribution is -2.54. The van der Waals surface area contributed by atoms with Crippen molar-refractivity contribution in [2.24, 2.45) is 11.7 Å². The van der Waals surface area contributed by atoms with Gasteiger partial charge in [0.25, 0.3) is 5.91 Å². The van der Waals surface area contributed by atoms with Gasteiger partial charge < -0.3 is 26.3 Å². The smallest absolute Gasteiger partial charge is 0.263 e. The van der Waals surface area contributed by atoms with Gasteiger partial charge in [-0.25, -0.2) is 0 Å². The molecule has 0 aromatic carbocycles. The van der Waals surface area contributed by atoms with E-state index in [1.807, 2.05) is 13.0 Å². The Kier molecular flexibility index (Phi) is 4.76. The van der Waals surface area contributed by atoms with E-state index in [4.69, 9.17) is 15.9 Å². The summed E-state index contributed by atoms with van der Waals surface area (Å²) >= 11 is 0. The second kappa shape index (κ2) is 7.13. The molecule has 8 nitrogen and oxygen atoms in total. The molecule has 29 heavy (non-hydrogen) atoms. The summed E-state index contributed by atoms with van der Waals surface area (Å²) < 4.78 is 5.45. The van der Waals surface area contributed by atoms with Crippen LogP contribution < -0.4 is 16.8 Å². The Morgan fingerprint density at radius 2 is 2.14 bits per heavy atom. The second-order valence-electron chi connectivity index (χ2n) is 8.01. The largest absolute Gasteiger partial charge is 0.438 e. The predicted molar refractivity (Wildman–Crippen MR) is 110 cm³/mol. The van der Waals surface area contributed by atoms with Crippen molar-refractivity contribution in [1.82, 2.24) is 9.97 Å². The number of aromatic nitrogens is 2. The zero-order valence-corrected chi connectivity index (χ0v) is 16.4. The van der Waals surface area contributed by atoms with Crippen molar-refractivity contribution in [3.63, 3.8) is 0 Å². The molecule has 0 radical (unpaired) electrons. The van der Waals surface area contributed by atoms with Crippen molar-refractivity contribution in [2.45, 2.75) is 44.2 Å². The molecule has 4 unspecified atom stereocenters. The van der Waals surface area contributed by atoms with Crippen LogP contribution >= 0.6 is 0 Å². The molecule has 0 saturated heterocycles. The zero-order chi connectivity index (χ0) is 20.8. The molecule has 3 aromatic rings. The molecule has 1 aliphatic rings. The normalized spacial score (nSPS) is 27.1. The van der Waals surface area contributed by atoms with Crippen molar-refractivity contribution in [3.05, 3.63) is 47.9 Å². The van der Waals surface area contributed by atoms with Crippen LogP contribution in [0, 0.1) is 5.92 Å². The number of nitrogen functional groups attached to an aromatic ring is 1. The molecule has 1 amide bonds. The number of rotatable bonds is 3. The quantitative estimate of drug-likeness (QED) is 0.534. The first-order chi connectivity index (χ1) is 13.8. The predicted octanol–water partition coefficient (Wildman–Crippen LogP) is 2.65. The lowest BCUT2D eigenvalue weighted by molar-refractivity contribution is -0.0463. The summed E-state index contributed by atoms with van der Waals surface area (Å²) in [6, 6.07) is 4.95. The summed E-state index contributed by atoms with van der Waals surface area (Å²) in [5, 5.41) is 13.5. The number of pyridine rings is 2. The van der Waals surface area contributed by atoms with Crippen molar-refractivity contribution in [3.8, 4) is 0 Å². The Hall–Kier alpha value is -2.97. The molecule has 0 spiro atoms. The van der Waals surface area contributed by atoms with E-state index in [0.29, 0.717) is 23.2 Å². The highest BCUT2D eigenvalue weighted by Gasteiger charge is 2.42. The van der Waals surface area contributed by atoms with Gasteiger partial charge in [-0.05, 0) is 55.4 Å². The van der Waals surface area contributed by atoms with E-state index < -0.39 is 11.5 Å². The summed E-state index contributed by atoms with van der Waals surface area (Å²) in [4.78, 5) is 21.4. The van der Waals surface area contributed by atoms with E-state index in [-0.39, 0.29) is 29.3 Å². The molecule has 8 heteroatoms. The molecule has 1 fully saturated rings. The highest BCUT2D eigenvalue weighted by molar-refractivity contribution is 6.14. The number of nitrogens with two attached hydrogens (primary N) is 2. The molecule has 4 atom stereocenters. The molecule has 0 bridgehead atoms. The fraction of sp³-hybridized carbons (Fsp3) is 0.381. The number of carbonyl (C=O) groups excluding carboxylic acids is 1. The third kappa shape index (κ3) is 3.34. The van der Waals surface area contributed by atoms with Gasteiger partial charge in [0.2, 0.25) is 5.88 Å². The van der Waals surface area contributed by atoms with Crippen LogP contribution in [0.25, 0.3) is 11.1 Å². The van der Waals surface area contributed by atoms with Crippen LogP contribution in [-0.4, -0.2) is 32.6 Å². The van der Waals surface area contributed by atoms with Crippen LogP contribution in [0.4, 0.5) is 11.6 Å². The summed E-state index contributed by atoms with van der Waals surface area (Å²) in [5.41, 5.74) is 13.9. The maximum Gasteiger partial charge on any atom is 0.263 e. The van der Waals surface area contributed by atoms with Gasteiger partial charge in [0.1, 0.15) is 11.1 Å². The van der Waals surface area contributed by atoms with Crippen LogP contribution in [0.5, 0.6) is 0 Å². The number of furan rings is 1. The first kappa shape index (κ1) is 19.4. The molecule has 1 saturated carbocycles. The topological polar surface area (TPSA) is 140 Å². The molecular formula is C21H25N5O3. The number of anilines is 2. The molecule has 152 valence electrons. The number of aliphatic hydroxyl groups is 1. The molecule has 4 rings (SSSR count). The third-order valence-electron chi connectivity index (χ3n) is 6.17. The molecule has 0 aliphatic heterocycles. The molecular weight excluding hydrogens is 370 g/mol. The van der Waals surface area contributed by atoms with Crippen molar-refractivity contribution in [1.29, 1.82) is 0 Å². The summed E-state index contributed by atoms with van der Waals surface area (Å²) in [5.74, 6) is -0.277. The van der Waals surface area contributed by atoms with Gasteiger partial charge in [-0.15, -0.1) is 0 Å². The number of nitrogens with one attached hydrogen (secondary N) is 1. The maximum absolute atomic E-state index is 13.0. The Bertz CT molecular complexity index is 1050. The number of carbonyl (C=O) groups is 1. The van der Waals surface area contributed by atoms with Crippen molar-refractivity contribution in [2.75, 3.05) is 11.1 Å². The minimum Gasteiger partial charge on any atom is -0.438 e. The van der Waals surface area contributed by atoms with Crippen LogP contribution in [0.2, 0.25) is 0 Å². The fourth-order valence-corrected chi connectivity index (χ4v) is 4.14. The van der Waals surface area contributed by atoms with Crippen LogP contribution in [0.3, 0.4) is 0 Å². The first-order valence-corrected chi connectivity index (χ1v) is 9.65. The van der Waals surface area contributed by atoms with Gasteiger partial charge in [-0.3, -0.25) is 14.8 Å². The highest BCUT2D eigenvalue weighted by Crippen LogP contribution is 2.43. The van der Waals surface area contributed by atoms with E-state index in [9.17, 15) is 9.90 Å².